The number of amides is 1. The molecule has 1 N–H and O–H groups in total. The highest BCUT2D eigenvalue weighted by Gasteiger charge is 2.23. The highest BCUT2D eigenvalue weighted by Crippen LogP contribution is 2.34. The molecule has 0 aromatic carbocycles. The molecule has 0 atom stereocenters. The molecule has 30 heavy (non-hydrogen) atoms. The van der Waals surface area contributed by atoms with Crippen LogP contribution in [0, 0.1) is 6.92 Å². The van der Waals surface area contributed by atoms with E-state index in [2.05, 4.69) is 21.6 Å². The summed E-state index contributed by atoms with van der Waals surface area (Å²) in [5.74, 6) is 0.441. The monoisotopic (exact) mass is 464 g/mol. The molecule has 0 aliphatic carbocycles. The molecule has 3 aromatic rings. The van der Waals surface area contributed by atoms with E-state index in [1.165, 1.54) is 35.1 Å². The predicted molar refractivity (Wildman–Crippen MR) is 122 cm³/mol. The molecule has 0 radical (unpaired) electrons. The zero-order valence-electron chi connectivity index (χ0n) is 17.4. The Morgan fingerprint density at radius 3 is 2.73 bits per heavy atom. The Hall–Kier alpha value is -2.17. The molecule has 0 aliphatic rings. The van der Waals surface area contributed by atoms with E-state index in [4.69, 9.17) is 4.74 Å². The average molecular weight is 465 g/mol. The third kappa shape index (κ3) is 4.93. The number of anilines is 1. The van der Waals surface area contributed by atoms with Crippen molar-refractivity contribution < 1.29 is 14.3 Å². The number of carbonyl (C=O) groups is 2. The van der Waals surface area contributed by atoms with Gasteiger partial charge in [0, 0.05) is 22.7 Å². The second-order valence-corrected chi connectivity index (χ2v) is 9.62. The summed E-state index contributed by atoms with van der Waals surface area (Å²) in [6.07, 6.45) is 1.42. The van der Waals surface area contributed by atoms with Crippen LogP contribution < -0.4 is 5.32 Å². The van der Waals surface area contributed by atoms with Gasteiger partial charge in [-0.05, 0) is 37.3 Å². The molecule has 3 aromatic heterocycles. The van der Waals surface area contributed by atoms with Crippen LogP contribution in [0.2, 0.25) is 0 Å². The van der Waals surface area contributed by atoms with Gasteiger partial charge in [-0.2, -0.15) is 0 Å². The lowest BCUT2D eigenvalue weighted by Crippen LogP contribution is -2.16. The van der Waals surface area contributed by atoms with E-state index in [9.17, 15) is 9.59 Å². The number of aromatic nitrogens is 3. The van der Waals surface area contributed by atoms with Crippen LogP contribution in [-0.4, -0.2) is 39.5 Å². The number of methoxy groups -OCH3 is 1. The van der Waals surface area contributed by atoms with E-state index in [1.54, 1.807) is 11.3 Å². The number of nitrogens with zero attached hydrogens (tertiary/aromatic N) is 3. The highest BCUT2D eigenvalue weighted by molar-refractivity contribution is 7.99. The minimum atomic E-state index is -0.428. The van der Waals surface area contributed by atoms with E-state index in [1.807, 2.05) is 36.8 Å². The van der Waals surface area contributed by atoms with Crippen LogP contribution >= 0.6 is 34.4 Å². The molecule has 3 heterocycles. The van der Waals surface area contributed by atoms with Gasteiger partial charge >= 0.3 is 5.97 Å². The largest absolute Gasteiger partial charge is 0.465 e. The van der Waals surface area contributed by atoms with Gasteiger partial charge in [0.05, 0.1) is 18.4 Å². The number of carbonyl (C=O) groups excluding carboxylic acids is 2. The lowest BCUT2D eigenvalue weighted by atomic mass is 10.1. The molecule has 0 fully saturated rings. The number of ether oxygens (including phenoxy) is 1. The molecule has 7 nitrogen and oxygen atoms in total. The summed E-state index contributed by atoms with van der Waals surface area (Å²) in [5, 5.41) is 14.7. The molecule has 0 saturated heterocycles. The summed E-state index contributed by atoms with van der Waals surface area (Å²) in [5.41, 5.74) is 1.37. The highest BCUT2D eigenvalue weighted by atomic mass is 32.2. The SMILES string of the molecule is CCc1c(C)sc(NC(=O)CSc2nnc(Cc3cccs3)n2CC)c1C(=O)OC. The van der Waals surface area contributed by atoms with Crippen molar-refractivity contribution in [2.24, 2.45) is 0 Å². The first kappa shape index (κ1) is 22.5. The first-order valence-corrected chi connectivity index (χ1v) is 12.2. The zero-order valence-corrected chi connectivity index (χ0v) is 19.8. The van der Waals surface area contributed by atoms with Crippen molar-refractivity contribution in [3.05, 3.63) is 44.2 Å². The number of nitrogens with one attached hydrogen (secondary N) is 1. The van der Waals surface area contributed by atoms with E-state index in [0.29, 0.717) is 22.1 Å². The summed E-state index contributed by atoms with van der Waals surface area (Å²) in [7, 11) is 1.35. The van der Waals surface area contributed by atoms with Crippen LogP contribution in [0.4, 0.5) is 5.00 Å². The Bertz CT molecular complexity index is 1020. The second-order valence-electron chi connectivity index (χ2n) is 6.42. The minimum Gasteiger partial charge on any atom is -0.465 e. The van der Waals surface area contributed by atoms with E-state index in [0.717, 1.165) is 29.2 Å². The lowest BCUT2D eigenvalue weighted by molar-refractivity contribution is -0.113. The topological polar surface area (TPSA) is 86.1 Å². The fourth-order valence-electron chi connectivity index (χ4n) is 3.15. The number of rotatable bonds is 9. The van der Waals surface area contributed by atoms with E-state index >= 15 is 0 Å². The van der Waals surface area contributed by atoms with Crippen LogP contribution in [0.15, 0.2) is 22.7 Å². The predicted octanol–water partition coefficient (Wildman–Crippen LogP) is 4.40. The van der Waals surface area contributed by atoms with E-state index in [-0.39, 0.29) is 11.7 Å². The number of thiophene rings is 2. The summed E-state index contributed by atoms with van der Waals surface area (Å²) in [6.45, 7) is 6.69. The third-order valence-corrected chi connectivity index (χ3v) is 7.47. The van der Waals surface area contributed by atoms with Gasteiger partial charge in [-0.15, -0.1) is 32.9 Å². The minimum absolute atomic E-state index is 0.177. The van der Waals surface area contributed by atoms with Gasteiger partial charge in [-0.25, -0.2) is 4.79 Å². The van der Waals surface area contributed by atoms with Gasteiger partial charge in [0.15, 0.2) is 5.16 Å². The molecule has 1 amide bonds. The van der Waals surface area contributed by atoms with Crippen LogP contribution in [-0.2, 0) is 28.9 Å². The first-order valence-electron chi connectivity index (χ1n) is 9.56. The van der Waals surface area contributed by atoms with Gasteiger partial charge in [-0.3, -0.25) is 4.79 Å². The van der Waals surface area contributed by atoms with E-state index < -0.39 is 5.97 Å². The number of thioether (sulfide) groups is 1. The maximum atomic E-state index is 12.6. The molecular weight excluding hydrogens is 440 g/mol. The Balaban J connectivity index is 1.68. The molecule has 10 heteroatoms. The van der Waals surface area contributed by atoms with Gasteiger partial charge in [-0.1, -0.05) is 24.8 Å². The number of aryl methyl sites for hydroxylation is 1. The summed E-state index contributed by atoms with van der Waals surface area (Å²) < 4.78 is 6.94. The standard InChI is InChI=1S/C20H24N4O3S3/c1-5-14-12(3)30-18(17(14)19(26)27-4)21-16(25)11-29-20-23-22-15(24(20)6-2)10-13-8-7-9-28-13/h7-9H,5-6,10-11H2,1-4H3,(H,21,25). The molecule has 0 aliphatic heterocycles. The Morgan fingerprint density at radius 1 is 1.30 bits per heavy atom. The van der Waals surface area contributed by atoms with Gasteiger partial charge in [0.1, 0.15) is 10.8 Å². The Labute approximate surface area is 187 Å². The van der Waals surface area contributed by atoms with Crippen molar-refractivity contribution in [3.63, 3.8) is 0 Å². The van der Waals surface area contributed by atoms with Gasteiger partial charge < -0.3 is 14.6 Å². The van der Waals surface area contributed by atoms with Crippen molar-refractivity contribution in [2.45, 2.75) is 45.3 Å². The Kier molecular flexibility index (Phi) is 7.68. The molecular formula is C20H24N4O3S3. The maximum absolute atomic E-state index is 12.6. The zero-order chi connectivity index (χ0) is 21.7. The molecule has 0 saturated carbocycles. The smallest absolute Gasteiger partial charge is 0.341 e. The second kappa shape index (κ2) is 10.2. The number of hydrogen-bond donors (Lipinski definition) is 1. The van der Waals surface area contributed by atoms with Crippen LogP contribution in [0.5, 0.6) is 0 Å². The van der Waals surface area contributed by atoms with Crippen LogP contribution in [0.25, 0.3) is 0 Å². The normalized spacial score (nSPS) is 10.9. The van der Waals surface area contributed by atoms with Crippen molar-refractivity contribution in [2.75, 3.05) is 18.2 Å². The number of hydrogen-bond acceptors (Lipinski definition) is 8. The van der Waals surface area contributed by atoms with Crippen molar-refractivity contribution >= 4 is 51.3 Å². The molecule has 3 rings (SSSR count). The van der Waals surface area contributed by atoms with Gasteiger partial charge in [0.2, 0.25) is 5.91 Å². The van der Waals surface area contributed by atoms with Gasteiger partial charge in [0.25, 0.3) is 0 Å². The van der Waals surface area contributed by atoms with Crippen LogP contribution in [0.3, 0.4) is 0 Å². The fourth-order valence-corrected chi connectivity index (χ4v) is 5.82. The molecule has 0 bridgehead atoms. The van der Waals surface area contributed by atoms with Crippen molar-refractivity contribution in [1.82, 2.24) is 14.8 Å². The lowest BCUT2D eigenvalue weighted by Gasteiger charge is -2.08. The summed E-state index contributed by atoms with van der Waals surface area (Å²) in [4.78, 5) is 27.0. The fraction of sp³-hybridized carbons (Fsp3) is 0.400. The first-order chi connectivity index (χ1) is 14.5. The molecule has 0 unspecified atom stereocenters. The molecule has 0 spiro atoms. The van der Waals surface area contributed by atoms with Crippen molar-refractivity contribution in [1.29, 1.82) is 0 Å². The van der Waals surface area contributed by atoms with Crippen LogP contribution in [0.1, 0.15) is 45.3 Å². The Morgan fingerprint density at radius 2 is 2.10 bits per heavy atom. The van der Waals surface area contributed by atoms with Crippen molar-refractivity contribution in [3.8, 4) is 0 Å². The average Bonchev–Trinajstić information content (AvgIpc) is 3.45. The quantitative estimate of drug-likeness (QED) is 0.373. The maximum Gasteiger partial charge on any atom is 0.341 e. The summed E-state index contributed by atoms with van der Waals surface area (Å²) >= 11 is 4.42. The number of esters is 1. The molecule has 160 valence electrons. The third-order valence-electron chi connectivity index (χ3n) is 4.56. The summed E-state index contributed by atoms with van der Waals surface area (Å²) in [6, 6.07) is 4.09.